The molecule has 0 aliphatic carbocycles. The van der Waals surface area contributed by atoms with Crippen LogP contribution in [0.3, 0.4) is 0 Å². The molecule has 0 saturated heterocycles. The van der Waals surface area contributed by atoms with Crippen molar-refractivity contribution in [1.82, 2.24) is 0 Å². The number of ether oxygens (including phenoxy) is 2. The molecule has 96 valence electrons. The Morgan fingerprint density at radius 2 is 1.83 bits per heavy atom. The lowest BCUT2D eigenvalue weighted by molar-refractivity contribution is -0.384. The Morgan fingerprint density at radius 3 is 2.28 bits per heavy atom. The van der Waals surface area contributed by atoms with E-state index in [0.717, 1.165) is 0 Å². The van der Waals surface area contributed by atoms with Gasteiger partial charge in [0.2, 0.25) is 0 Å². The maximum Gasteiger partial charge on any atom is 0.346 e. The first-order chi connectivity index (χ1) is 8.45. The van der Waals surface area contributed by atoms with Crippen molar-refractivity contribution in [3.05, 3.63) is 39.9 Å². The minimum absolute atomic E-state index is 0.122. The monoisotopic (exact) mass is 253 g/mol. The fourth-order valence-corrected chi connectivity index (χ4v) is 1.16. The number of benzene rings is 1. The van der Waals surface area contributed by atoms with E-state index < -0.39 is 23.0 Å². The second-order valence-electron chi connectivity index (χ2n) is 3.37. The lowest BCUT2D eigenvalue weighted by Crippen LogP contribution is -2.25. The van der Waals surface area contributed by atoms with Gasteiger partial charge in [0, 0.05) is 12.1 Å². The van der Waals surface area contributed by atoms with E-state index in [9.17, 15) is 19.7 Å². The Morgan fingerprint density at radius 1 is 1.28 bits per heavy atom. The third-order valence-corrected chi connectivity index (χ3v) is 2.13. The van der Waals surface area contributed by atoms with E-state index in [0.29, 0.717) is 0 Å². The van der Waals surface area contributed by atoms with Crippen LogP contribution in [0.25, 0.3) is 0 Å². The standard InChI is InChI=1S/C11H11NO6/c1-7(10(13)17-2)18-11(14)8-3-5-9(6-4-8)12(15)16/h3-7H,1-2H3/t7-/m1/s1. The summed E-state index contributed by atoms with van der Waals surface area (Å²) in [7, 11) is 1.18. The minimum atomic E-state index is -1.03. The molecule has 0 aromatic heterocycles. The minimum Gasteiger partial charge on any atom is -0.466 e. The Kier molecular flexibility index (Phi) is 4.36. The highest BCUT2D eigenvalue weighted by molar-refractivity contribution is 5.91. The van der Waals surface area contributed by atoms with Gasteiger partial charge in [-0.2, -0.15) is 0 Å². The summed E-state index contributed by atoms with van der Waals surface area (Å²) in [6.07, 6.45) is -1.03. The predicted molar refractivity (Wildman–Crippen MR) is 60.0 cm³/mol. The quantitative estimate of drug-likeness (QED) is 0.456. The Balaban J connectivity index is 2.73. The van der Waals surface area contributed by atoms with Crippen LogP contribution in [-0.2, 0) is 14.3 Å². The second kappa shape index (κ2) is 5.76. The molecule has 0 unspecified atom stereocenters. The lowest BCUT2D eigenvalue weighted by atomic mass is 10.2. The molecule has 0 aliphatic heterocycles. The van der Waals surface area contributed by atoms with Gasteiger partial charge in [0.05, 0.1) is 17.6 Å². The van der Waals surface area contributed by atoms with Gasteiger partial charge in [-0.15, -0.1) is 0 Å². The molecule has 0 bridgehead atoms. The van der Waals surface area contributed by atoms with Crippen molar-refractivity contribution in [3.8, 4) is 0 Å². The normalized spacial score (nSPS) is 11.4. The van der Waals surface area contributed by atoms with Crippen LogP contribution >= 0.6 is 0 Å². The molecule has 0 aliphatic rings. The fourth-order valence-electron chi connectivity index (χ4n) is 1.16. The number of hydrogen-bond donors (Lipinski definition) is 0. The van der Waals surface area contributed by atoms with Gasteiger partial charge in [-0.05, 0) is 19.1 Å². The van der Waals surface area contributed by atoms with Gasteiger partial charge in [0.15, 0.2) is 6.10 Å². The van der Waals surface area contributed by atoms with Gasteiger partial charge in [-0.25, -0.2) is 9.59 Å². The van der Waals surface area contributed by atoms with E-state index in [1.807, 2.05) is 0 Å². The first-order valence-corrected chi connectivity index (χ1v) is 4.99. The summed E-state index contributed by atoms with van der Waals surface area (Å²) in [4.78, 5) is 32.4. The molecule has 0 saturated carbocycles. The first kappa shape index (κ1) is 13.6. The van der Waals surface area contributed by atoms with Crippen molar-refractivity contribution in [2.45, 2.75) is 13.0 Å². The number of carbonyl (C=O) groups is 2. The number of carbonyl (C=O) groups excluding carboxylic acids is 2. The molecule has 1 atom stereocenters. The molecule has 0 fully saturated rings. The van der Waals surface area contributed by atoms with Gasteiger partial charge in [0.1, 0.15) is 0 Å². The molecule has 7 heteroatoms. The molecule has 7 nitrogen and oxygen atoms in total. The summed E-state index contributed by atoms with van der Waals surface area (Å²) in [5, 5.41) is 10.4. The number of nitrogens with zero attached hydrogens (tertiary/aromatic N) is 1. The third-order valence-electron chi connectivity index (χ3n) is 2.13. The maximum absolute atomic E-state index is 11.6. The smallest absolute Gasteiger partial charge is 0.346 e. The highest BCUT2D eigenvalue weighted by Crippen LogP contribution is 2.13. The Hall–Kier alpha value is -2.44. The number of nitro groups is 1. The molecule has 0 amide bonds. The van der Waals surface area contributed by atoms with Crippen LogP contribution < -0.4 is 0 Å². The zero-order valence-electron chi connectivity index (χ0n) is 9.78. The van der Waals surface area contributed by atoms with E-state index in [-0.39, 0.29) is 11.3 Å². The largest absolute Gasteiger partial charge is 0.466 e. The molecule has 0 heterocycles. The van der Waals surface area contributed by atoms with Gasteiger partial charge in [-0.3, -0.25) is 10.1 Å². The molecule has 1 aromatic rings. The van der Waals surface area contributed by atoms with Gasteiger partial charge in [0.25, 0.3) is 5.69 Å². The number of nitro benzene ring substituents is 1. The molecular weight excluding hydrogens is 242 g/mol. The van der Waals surface area contributed by atoms with Crippen molar-refractivity contribution in [1.29, 1.82) is 0 Å². The molecule has 1 rings (SSSR count). The van der Waals surface area contributed by atoms with Crippen LogP contribution in [0.2, 0.25) is 0 Å². The molecule has 0 radical (unpaired) electrons. The van der Waals surface area contributed by atoms with E-state index in [2.05, 4.69) is 4.74 Å². The zero-order valence-corrected chi connectivity index (χ0v) is 9.78. The molecule has 0 N–H and O–H groups in total. The van der Waals surface area contributed by atoms with Crippen molar-refractivity contribution in [3.63, 3.8) is 0 Å². The molecule has 18 heavy (non-hydrogen) atoms. The SMILES string of the molecule is COC(=O)[C@@H](C)OC(=O)c1ccc([N+](=O)[O-])cc1. The number of non-ortho nitro benzene ring substituents is 1. The maximum atomic E-state index is 11.6. The highest BCUT2D eigenvalue weighted by Gasteiger charge is 2.19. The second-order valence-corrected chi connectivity index (χ2v) is 3.37. The van der Waals surface area contributed by atoms with Crippen LogP contribution in [0.15, 0.2) is 24.3 Å². The van der Waals surface area contributed by atoms with E-state index in [4.69, 9.17) is 4.74 Å². The summed E-state index contributed by atoms with van der Waals surface area (Å²) in [5.74, 6) is -1.42. The Labute approximate surface area is 102 Å². The lowest BCUT2D eigenvalue weighted by Gasteiger charge is -2.10. The van der Waals surface area contributed by atoms with Crippen molar-refractivity contribution < 1.29 is 24.0 Å². The van der Waals surface area contributed by atoms with Crippen LogP contribution in [0.5, 0.6) is 0 Å². The van der Waals surface area contributed by atoms with Crippen molar-refractivity contribution >= 4 is 17.6 Å². The summed E-state index contributed by atoms with van der Waals surface area (Å²) in [6, 6.07) is 4.87. The summed E-state index contributed by atoms with van der Waals surface area (Å²) < 4.78 is 9.20. The van der Waals surface area contributed by atoms with Gasteiger partial charge < -0.3 is 9.47 Å². The average molecular weight is 253 g/mol. The summed E-state index contributed by atoms with van der Waals surface area (Å²) in [6.45, 7) is 1.37. The number of hydrogen-bond acceptors (Lipinski definition) is 6. The number of rotatable bonds is 4. The van der Waals surface area contributed by atoms with Gasteiger partial charge in [-0.1, -0.05) is 0 Å². The van der Waals surface area contributed by atoms with E-state index in [1.165, 1.54) is 38.3 Å². The van der Waals surface area contributed by atoms with E-state index in [1.54, 1.807) is 0 Å². The van der Waals surface area contributed by atoms with Gasteiger partial charge >= 0.3 is 11.9 Å². The Bertz CT molecular complexity index is 467. The van der Waals surface area contributed by atoms with Crippen LogP contribution in [-0.4, -0.2) is 30.1 Å². The van der Waals surface area contributed by atoms with Crippen molar-refractivity contribution in [2.75, 3.05) is 7.11 Å². The summed E-state index contributed by atoms with van der Waals surface area (Å²) in [5.41, 5.74) is -0.0103. The topological polar surface area (TPSA) is 95.7 Å². The zero-order chi connectivity index (χ0) is 13.7. The predicted octanol–water partition coefficient (Wildman–Crippen LogP) is 1.31. The van der Waals surface area contributed by atoms with Crippen LogP contribution in [0, 0.1) is 10.1 Å². The first-order valence-electron chi connectivity index (χ1n) is 4.99. The summed E-state index contributed by atoms with van der Waals surface area (Å²) >= 11 is 0. The van der Waals surface area contributed by atoms with Crippen LogP contribution in [0.4, 0.5) is 5.69 Å². The molecule has 0 spiro atoms. The van der Waals surface area contributed by atoms with Crippen LogP contribution in [0.1, 0.15) is 17.3 Å². The molecular formula is C11H11NO6. The highest BCUT2D eigenvalue weighted by atomic mass is 16.6. The fraction of sp³-hybridized carbons (Fsp3) is 0.273. The van der Waals surface area contributed by atoms with Crippen molar-refractivity contribution in [2.24, 2.45) is 0 Å². The average Bonchev–Trinajstić information content (AvgIpc) is 2.37. The van der Waals surface area contributed by atoms with E-state index >= 15 is 0 Å². The third kappa shape index (κ3) is 3.27. The molecule has 1 aromatic carbocycles. The number of methoxy groups -OCH3 is 1. The number of esters is 2.